The maximum atomic E-state index is 14.5. The van der Waals surface area contributed by atoms with Gasteiger partial charge in [-0.05, 0) is 86.3 Å². The smallest absolute Gasteiger partial charge is 0.264 e. The maximum absolute atomic E-state index is 14.5. The lowest BCUT2D eigenvalue weighted by Crippen LogP contribution is -2.53. The first-order chi connectivity index (χ1) is 21.0. The lowest BCUT2D eigenvalue weighted by atomic mass is 10.0. The first-order valence-electron chi connectivity index (χ1n) is 14.5. The van der Waals surface area contributed by atoms with Crippen molar-refractivity contribution < 1.29 is 18.0 Å². The molecule has 0 saturated carbocycles. The largest absolute Gasteiger partial charge is 0.355 e. The zero-order valence-electron chi connectivity index (χ0n) is 25.5. The molecule has 4 aromatic carbocycles. The Kier molecular flexibility index (Phi) is 11.0. The molecule has 1 unspecified atom stereocenters. The summed E-state index contributed by atoms with van der Waals surface area (Å²) in [5.74, 6) is -0.800. The molecule has 0 aliphatic heterocycles. The number of rotatable bonds is 12. The van der Waals surface area contributed by atoms with Crippen molar-refractivity contribution in [1.29, 1.82) is 0 Å². The summed E-state index contributed by atoms with van der Waals surface area (Å²) in [5, 5.41) is 2.89. The molecule has 0 saturated heterocycles. The average Bonchev–Trinajstić information content (AvgIpc) is 2.98. The number of sulfonamides is 1. The van der Waals surface area contributed by atoms with Crippen LogP contribution in [0, 0.1) is 20.8 Å². The Morgan fingerprint density at radius 3 is 2.05 bits per heavy atom. The predicted octanol–water partition coefficient (Wildman–Crippen LogP) is 6.35. The molecule has 0 spiro atoms. The summed E-state index contributed by atoms with van der Waals surface area (Å²) in [4.78, 5) is 29.7. The highest BCUT2D eigenvalue weighted by Gasteiger charge is 2.34. The van der Waals surface area contributed by atoms with Crippen molar-refractivity contribution in [3.63, 3.8) is 0 Å². The highest BCUT2D eigenvalue weighted by molar-refractivity contribution is 9.10. The molecular formula is C35H38BrN3O4S. The summed E-state index contributed by atoms with van der Waals surface area (Å²) in [6.07, 6.45) is 0.265. The average molecular weight is 677 g/mol. The topological polar surface area (TPSA) is 86.8 Å². The number of nitrogens with one attached hydrogen (secondary N) is 1. The molecule has 0 aliphatic carbocycles. The van der Waals surface area contributed by atoms with Gasteiger partial charge < -0.3 is 10.2 Å². The lowest BCUT2D eigenvalue weighted by molar-refractivity contribution is -0.140. The Morgan fingerprint density at radius 1 is 0.795 bits per heavy atom. The van der Waals surface area contributed by atoms with Crippen LogP contribution >= 0.6 is 15.9 Å². The molecule has 0 aromatic heterocycles. The fourth-order valence-corrected chi connectivity index (χ4v) is 6.98. The number of carbonyl (C=O) groups is 2. The molecule has 4 aromatic rings. The van der Waals surface area contributed by atoms with Gasteiger partial charge in [-0.15, -0.1) is 0 Å². The molecule has 1 N–H and O–H groups in total. The van der Waals surface area contributed by atoms with Crippen molar-refractivity contribution in [1.82, 2.24) is 10.2 Å². The van der Waals surface area contributed by atoms with Crippen molar-refractivity contribution in [2.45, 2.75) is 51.6 Å². The van der Waals surface area contributed by atoms with Crippen molar-refractivity contribution in [3.05, 3.63) is 129 Å². The number of halogens is 1. The quantitative estimate of drug-likeness (QED) is 0.190. The molecular weight excluding hydrogens is 638 g/mol. The van der Waals surface area contributed by atoms with Gasteiger partial charge in [0.2, 0.25) is 11.8 Å². The third-order valence-corrected chi connectivity index (χ3v) is 9.53. The van der Waals surface area contributed by atoms with Gasteiger partial charge >= 0.3 is 0 Å². The first-order valence-corrected chi connectivity index (χ1v) is 16.7. The number of hydrogen-bond acceptors (Lipinski definition) is 4. The fraction of sp³-hybridized carbons (Fsp3) is 0.257. The van der Waals surface area contributed by atoms with Crippen LogP contribution in [0.15, 0.2) is 106 Å². The van der Waals surface area contributed by atoms with Gasteiger partial charge in [-0.2, -0.15) is 0 Å². The monoisotopic (exact) mass is 675 g/mol. The highest BCUT2D eigenvalue weighted by Crippen LogP contribution is 2.27. The van der Waals surface area contributed by atoms with Crippen LogP contribution in [0.2, 0.25) is 0 Å². The fourth-order valence-electron chi connectivity index (χ4n) is 5.14. The summed E-state index contributed by atoms with van der Waals surface area (Å²) in [6.45, 7) is 7.50. The number of hydrogen-bond donors (Lipinski definition) is 1. The Bertz CT molecular complexity index is 1690. The second kappa shape index (κ2) is 14.7. The number of anilines is 1. The number of nitrogens with zero attached hydrogens (tertiary/aromatic N) is 2. The Labute approximate surface area is 269 Å². The van der Waals surface area contributed by atoms with Crippen molar-refractivity contribution >= 4 is 43.5 Å². The molecule has 0 aliphatic rings. The summed E-state index contributed by atoms with van der Waals surface area (Å²) in [7, 11) is -4.15. The Hall–Kier alpha value is -3.95. The molecule has 2 amide bonds. The summed E-state index contributed by atoms with van der Waals surface area (Å²) in [6, 6.07) is 28.2. The zero-order valence-corrected chi connectivity index (χ0v) is 27.9. The van der Waals surface area contributed by atoms with Gasteiger partial charge in [0.05, 0.1) is 10.6 Å². The van der Waals surface area contributed by atoms with Crippen LogP contribution in [-0.2, 0) is 32.6 Å². The number of aryl methyl sites for hydroxylation is 3. The minimum absolute atomic E-state index is 0.0816. The van der Waals surface area contributed by atoms with Crippen LogP contribution in [0.5, 0.6) is 0 Å². The van der Waals surface area contributed by atoms with E-state index in [0.29, 0.717) is 12.2 Å². The van der Waals surface area contributed by atoms with E-state index in [1.54, 1.807) is 36.4 Å². The summed E-state index contributed by atoms with van der Waals surface area (Å²) >= 11 is 3.50. The molecule has 44 heavy (non-hydrogen) atoms. The van der Waals surface area contributed by atoms with E-state index in [4.69, 9.17) is 0 Å². The first kappa shape index (κ1) is 33.0. The third kappa shape index (κ3) is 8.36. The minimum Gasteiger partial charge on any atom is -0.355 e. The third-order valence-electron chi connectivity index (χ3n) is 7.25. The lowest BCUT2D eigenvalue weighted by Gasteiger charge is -2.34. The van der Waals surface area contributed by atoms with Gasteiger partial charge in [-0.25, -0.2) is 8.42 Å². The van der Waals surface area contributed by atoms with Gasteiger partial charge in [0, 0.05) is 24.0 Å². The van der Waals surface area contributed by atoms with Crippen molar-refractivity contribution in [3.8, 4) is 0 Å². The zero-order chi connectivity index (χ0) is 31.9. The minimum atomic E-state index is -4.15. The Balaban J connectivity index is 1.82. The van der Waals surface area contributed by atoms with Gasteiger partial charge in [-0.1, -0.05) is 82.2 Å². The molecule has 4 rings (SSSR count). The van der Waals surface area contributed by atoms with E-state index in [2.05, 4.69) is 21.2 Å². The van der Waals surface area contributed by atoms with Gasteiger partial charge in [0.1, 0.15) is 12.6 Å². The van der Waals surface area contributed by atoms with Crippen LogP contribution in [0.1, 0.15) is 34.7 Å². The Morgan fingerprint density at radius 2 is 1.43 bits per heavy atom. The standard InChI is InChI=1S/C35H38BrN3O4S/c1-5-37-35(41)33(22-28-10-7-6-8-11-28)38(23-29-12-9-13-30(36)21-29)34(40)24-39(31-19-26(3)18-27(4)20-31)44(42,43)32-16-14-25(2)15-17-32/h6-21,33H,5,22-24H2,1-4H3,(H,37,41). The van der Waals surface area contributed by atoms with Crippen LogP contribution < -0.4 is 9.62 Å². The van der Waals surface area contributed by atoms with E-state index in [1.807, 2.05) is 88.4 Å². The number of likely N-dealkylation sites (N-methyl/N-ethyl adjacent to an activating group) is 1. The second-order valence-electron chi connectivity index (χ2n) is 10.9. The van der Waals surface area contributed by atoms with E-state index >= 15 is 0 Å². The van der Waals surface area contributed by atoms with Crippen LogP contribution in [-0.4, -0.2) is 44.3 Å². The molecule has 9 heteroatoms. The predicted molar refractivity (Wildman–Crippen MR) is 179 cm³/mol. The van der Waals surface area contributed by atoms with Crippen molar-refractivity contribution in [2.75, 3.05) is 17.4 Å². The highest BCUT2D eigenvalue weighted by atomic mass is 79.9. The van der Waals surface area contributed by atoms with Crippen LogP contribution in [0.25, 0.3) is 0 Å². The molecule has 0 radical (unpaired) electrons. The van der Waals surface area contributed by atoms with Gasteiger partial charge in [0.15, 0.2) is 0 Å². The van der Waals surface area contributed by atoms with E-state index < -0.39 is 28.5 Å². The molecule has 0 fully saturated rings. The van der Waals surface area contributed by atoms with E-state index in [9.17, 15) is 18.0 Å². The van der Waals surface area contributed by atoms with E-state index in [0.717, 1.165) is 36.6 Å². The normalized spacial score (nSPS) is 11.9. The molecule has 1 atom stereocenters. The summed E-state index contributed by atoms with van der Waals surface area (Å²) < 4.78 is 30.4. The number of benzene rings is 4. The SMILES string of the molecule is CCNC(=O)C(Cc1ccccc1)N(Cc1cccc(Br)c1)C(=O)CN(c1cc(C)cc(C)c1)S(=O)(=O)c1ccc(C)cc1. The summed E-state index contributed by atoms with van der Waals surface area (Å²) in [5.41, 5.74) is 4.72. The molecule has 230 valence electrons. The second-order valence-corrected chi connectivity index (χ2v) is 13.7. The van der Waals surface area contributed by atoms with Crippen LogP contribution in [0.4, 0.5) is 5.69 Å². The van der Waals surface area contributed by atoms with E-state index in [-0.39, 0.29) is 23.8 Å². The van der Waals surface area contributed by atoms with Crippen molar-refractivity contribution in [2.24, 2.45) is 0 Å². The maximum Gasteiger partial charge on any atom is 0.264 e. The molecule has 0 bridgehead atoms. The van der Waals surface area contributed by atoms with Crippen LogP contribution in [0.3, 0.4) is 0 Å². The number of amides is 2. The van der Waals surface area contributed by atoms with Gasteiger partial charge in [-0.3, -0.25) is 13.9 Å². The molecule has 0 heterocycles. The van der Waals surface area contributed by atoms with E-state index in [1.165, 1.54) is 4.90 Å². The molecule has 7 nitrogen and oxygen atoms in total. The number of carbonyl (C=O) groups excluding carboxylic acids is 2. The van der Waals surface area contributed by atoms with Gasteiger partial charge in [0.25, 0.3) is 10.0 Å².